The maximum absolute atomic E-state index is 12.5. The van der Waals surface area contributed by atoms with Crippen molar-refractivity contribution in [3.63, 3.8) is 0 Å². The lowest BCUT2D eigenvalue weighted by Crippen LogP contribution is -2.32. The number of nitrogens with one attached hydrogen (secondary N) is 1. The van der Waals surface area contributed by atoms with Gasteiger partial charge in [-0.25, -0.2) is 0 Å². The molecule has 1 aromatic carbocycles. The molecule has 2 aliphatic heterocycles. The molecule has 3 nitrogen and oxygen atoms in total. The Bertz CT molecular complexity index is 482. The number of fused-ring (bicyclic) bond motifs is 1. The number of nitrogens with zero attached hydrogens (tertiary/aromatic N) is 1. The first-order chi connectivity index (χ1) is 8.66. The molecule has 2 fully saturated rings. The molecule has 2 aliphatic rings. The molecular weight excluding hydrogens is 328 g/mol. The van der Waals surface area contributed by atoms with Crippen molar-refractivity contribution >= 4 is 34.2 Å². The van der Waals surface area contributed by atoms with Gasteiger partial charge >= 0.3 is 0 Å². The molecule has 104 valence electrons. The summed E-state index contributed by atoms with van der Waals surface area (Å²) in [5, 5.41) is 3.40. The number of benzene rings is 1. The van der Waals surface area contributed by atoms with E-state index < -0.39 is 0 Å². The molecule has 0 aromatic heterocycles. The Hall–Kier alpha value is -0.580. The van der Waals surface area contributed by atoms with E-state index in [1.165, 1.54) is 0 Å². The Kier molecular flexibility index (Phi) is 4.54. The van der Waals surface area contributed by atoms with Crippen LogP contribution in [0.3, 0.4) is 0 Å². The number of carbonyl (C=O) groups is 1. The van der Waals surface area contributed by atoms with Crippen molar-refractivity contribution < 1.29 is 4.79 Å². The van der Waals surface area contributed by atoms with Gasteiger partial charge in [0.15, 0.2) is 0 Å². The summed E-state index contributed by atoms with van der Waals surface area (Å²) in [6.07, 6.45) is 0. The molecule has 0 radical (unpaired) electrons. The molecule has 5 heteroatoms. The smallest absolute Gasteiger partial charge is 0.254 e. The summed E-state index contributed by atoms with van der Waals surface area (Å²) in [6.45, 7) is 5.93. The lowest BCUT2D eigenvalue weighted by atomic mass is 10.0. The standard InChI is InChI=1S/C14H17BrN2O.ClH/c1-9-12(3-2-4-13(9)15)14(18)17-7-10-5-16-6-11(10)8-17;/h2-4,10-11,16H,5-8H2,1H3;1H/t10-,11+;. The molecule has 1 amide bonds. The van der Waals surface area contributed by atoms with E-state index in [1.807, 2.05) is 30.0 Å². The zero-order valence-corrected chi connectivity index (χ0v) is 13.3. The van der Waals surface area contributed by atoms with Crippen molar-refractivity contribution in [3.05, 3.63) is 33.8 Å². The van der Waals surface area contributed by atoms with E-state index in [2.05, 4.69) is 21.2 Å². The van der Waals surface area contributed by atoms with Crippen LogP contribution in [0, 0.1) is 18.8 Å². The third kappa shape index (κ3) is 2.67. The number of amides is 1. The van der Waals surface area contributed by atoms with Crippen LogP contribution in [-0.4, -0.2) is 37.0 Å². The zero-order chi connectivity index (χ0) is 12.7. The monoisotopic (exact) mass is 344 g/mol. The van der Waals surface area contributed by atoms with Gasteiger partial charge in [-0.05, 0) is 36.5 Å². The van der Waals surface area contributed by atoms with Gasteiger partial charge in [0.25, 0.3) is 5.91 Å². The predicted octanol–water partition coefficient (Wildman–Crippen LogP) is 2.47. The molecule has 1 N–H and O–H groups in total. The number of rotatable bonds is 1. The fourth-order valence-corrected chi connectivity index (χ4v) is 3.40. The van der Waals surface area contributed by atoms with E-state index in [9.17, 15) is 4.79 Å². The highest BCUT2D eigenvalue weighted by molar-refractivity contribution is 9.10. The molecule has 0 unspecified atom stereocenters. The number of carbonyl (C=O) groups excluding carboxylic acids is 1. The van der Waals surface area contributed by atoms with Crippen molar-refractivity contribution in [2.45, 2.75) is 6.92 Å². The lowest BCUT2D eigenvalue weighted by molar-refractivity contribution is 0.0781. The molecule has 0 aliphatic carbocycles. The minimum atomic E-state index is 0. The Morgan fingerprint density at radius 1 is 1.32 bits per heavy atom. The molecule has 2 atom stereocenters. The molecule has 3 rings (SSSR count). The molecule has 2 heterocycles. The van der Waals surface area contributed by atoms with Crippen molar-refractivity contribution in [1.82, 2.24) is 10.2 Å². The van der Waals surface area contributed by atoms with Crippen LogP contribution in [0.2, 0.25) is 0 Å². The third-order valence-electron chi connectivity index (χ3n) is 4.17. The minimum absolute atomic E-state index is 0. The van der Waals surface area contributed by atoms with Crippen molar-refractivity contribution in [2.24, 2.45) is 11.8 Å². The quantitative estimate of drug-likeness (QED) is 0.848. The number of hydrogen-bond acceptors (Lipinski definition) is 2. The first-order valence-electron chi connectivity index (χ1n) is 6.42. The van der Waals surface area contributed by atoms with Gasteiger partial charge in [0, 0.05) is 36.2 Å². The number of halogens is 2. The highest BCUT2D eigenvalue weighted by atomic mass is 79.9. The topological polar surface area (TPSA) is 32.3 Å². The van der Waals surface area contributed by atoms with Gasteiger partial charge < -0.3 is 10.2 Å². The predicted molar refractivity (Wildman–Crippen MR) is 81.9 cm³/mol. The second kappa shape index (κ2) is 5.81. The molecule has 19 heavy (non-hydrogen) atoms. The second-order valence-corrected chi connectivity index (χ2v) is 6.16. The van der Waals surface area contributed by atoms with E-state index in [0.29, 0.717) is 11.8 Å². The van der Waals surface area contributed by atoms with Crippen LogP contribution in [0.5, 0.6) is 0 Å². The van der Waals surface area contributed by atoms with Gasteiger partial charge in [-0.1, -0.05) is 22.0 Å². The molecule has 1 aromatic rings. The van der Waals surface area contributed by atoms with Gasteiger partial charge in [-0.15, -0.1) is 12.4 Å². The summed E-state index contributed by atoms with van der Waals surface area (Å²) < 4.78 is 1.01. The zero-order valence-electron chi connectivity index (χ0n) is 10.9. The van der Waals surface area contributed by atoms with Gasteiger partial charge in [0.1, 0.15) is 0 Å². The fraction of sp³-hybridized carbons (Fsp3) is 0.500. The van der Waals surface area contributed by atoms with Gasteiger partial charge in [0.05, 0.1) is 0 Å². The van der Waals surface area contributed by atoms with Crippen LogP contribution >= 0.6 is 28.3 Å². The maximum atomic E-state index is 12.5. The second-order valence-electron chi connectivity index (χ2n) is 5.30. The summed E-state index contributed by atoms with van der Waals surface area (Å²) in [5.41, 5.74) is 1.87. The first-order valence-corrected chi connectivity index (χ1v) is 7.21. The summed E-state index contributed by atoms with van der Waals surface area (Å²) >= 11 is 3.49. The Morgan fingerprint density at radius 2 is 1.95 bits per heavy atom. The van der Waals surface area contributed by atoms with E-state index in [-0.39, 0.29) is 18.3 Å². The summed E-state index contributed by atoms with van der Waals surface area (Å²) in [6, 6.07) is 5.84. The highest BCUT2D eigenvalue weighted by Crippen LogP contribution is 2.29. The summed E-state index contributed by atoms with van der Waals surface area (Å²) in [5.74, 6) is 1.49. The third-order valence-corrected chi connectivity index (χ3v) is 5.03. The van der Waals surface area contributed by atoms with E-state index in [0.717, 1.165) is 41.8 Å². The Morgan fingerprint density at radius 3 is 2.58 bits per heavy atom. The maximum Gasteiger partial charge on any atom is 0.254 e. The average molecular weight is 346 g/mol. The largest absolute Gasteiger partial charge is 0.338 e. The number of likely N-dealkylation sites (tertiary alicyclic amines) is 1. The highest BCUT2D eigenvalue weighted by Gasteiger charge is 2.38. The van der Waals surface area contributed by atoms with Gasteiger partial charge in [-0.2, -0.15) is 0 Å². The molecule has 0 bridgehead atoms. The molecule has 2 saturated heterocycles. The SMILES string of the molecule is Cc1c(Br)cccc1C(=O)N1C[C@H]2CNC[C@H]2C1.Cl. The van der Waals surface area contributed by atoms with Gasteiger partial charge in [-0.3, -0.25) is 4.79 Å². The van der Waals surface area contributed by atoms with Crippen LogP contribution in [0.25, 0.3) is 0 Å². The van der Waals surface area contributed by atoms with Crippen LogP contribution in [0.1, 0.15) is 15.9 Å². The van der Waals surface area contributed by atoms with Crippen LogP contribution in [0.4, 0.5) is 0 Å². The Labute approximate surface area is 128 Å². The molecule has 0 saturated carbocycles. The molecule has 0 spiro atoms. The van der Waals surface area contributed by atoms with Crippen LogP contribution in [0.15, 0.2) is 22.7 Å². The average Bonchev–Trinajstić information content (AvgIpc) is 2.92. The lowest BCUT2D eigenvalue weighted by Gasteiger charge is -2.19. The van der Waals surface area contributed by atoms with Crippen molar-refractivity contribution in [2.75, 3.05) is 26.2 Å². The van der Waals surface area contributed by atoms with E-state index >= 15 is 0 Å². The van der Waals surface area contributed by atoms with Crippen LogP contribution in [-0.2, 0) is 0 Å². The minimum Gasteiger partial charge on any atom is -0.338 e. The van der Waals surface area contributed by atoms with Crippen LogP contribution < -0.4 is 5.32 Å². The number of hydrogen-bond donors (Lipinski definition) is 1. The van der Waals surface area contributed by atoms with E-state index in [4.69, 9.17) is 0 Å². The first kappa shape index (κ1) is 14.8. The van der Waals surface area contributed by atoms with Crippen molar-refractivity contribution in [3.8, 4) is 0 Å². The van der Waals surface area contributed by atoms with E-state index in [1.54, 1.807) is 0 Å². The Balaban J connectivity index is 0.00000133. The molecular formula is C14H18BrClN2O. The van der Waals surface area contributed by atoms with Crippen molar-refractivity contribution in [1.29, 1.82) is 0 Å². The normalized spacial score (nSPS) is 25.1. The summed E-state index contributed by atoms with van der Waals surface area (Å²) in [7, 11) is 0. The van der Waals surface area contributed by atoms with Gasteiger partial charge in [0.2, 0.25) is 0 Å². The summed E-state index contributed by atoms with van der Waals surface area (Å²) in [4.78, 5) is 14.6. The fourth-order valence-electron chi connectivity index (χ4n) is 3.03.